The molecule has 0 spiro atoms. The van der Waals surface area contributed by atoms with Gasteiger partial charge in [0.05, 0.1) is 11.0 Å². The Hall–Kier alpha value is -1.35. The van der Waals surface area contributed by atoms with E-state index in [0.717, 1.165) is 5.56 Å². The highest BCUT2D eigenvalue weighted by Gasteiger charge is 2.30. The first-order valence-corrected chi connectivity index (χ1v) is 5.77. The van der Waals surface area contributed by atoms with Crippen LogP contribution in [0.5, 0.6) is 0 Å². The third kappa shape index (κ3) is 3.86. The summed E-state index contributed by atoms with van der Waals surface area (Å²) in [6.07, 6.45) is 0. The minimum Gasteiger partial charge on any atom is -0.272 e. The molecule has 94 valence electrons. The Kier molecular flexibility index (Phi) is 3.94. The molecule has 0 saturated heterocycles. The highest BCUT2D eigenvalue weighted by Crippen LogP contribution is 2.23. The van der Waals surface area contributed by atoms with Gasteiger partial charge < -0.3 is 0 Å². The van der Waals surface area contributed by atoms with Crippen LogP contribution in [0, 0.1) is 0 Å². The van der Waals surface area contributed by atoms with Gasteiger partial charge in [-0.25, -0.2) is 5.48 Å². The SMILES string of the molecule is CC(C)(C)ONC(=O)C(C)(C)c1ccccc1. The number of benzene rings is 1. The third-order valence-corrected chi connectivity index (χ3v) is 2.51. The summed E-state index contributed by atoms with van der Waals surface area (Å²) >= 11 is 0. The van der Waals surface area contributed by atoms with Gasteiger partial charge in [0.25, 0.3) is 5.91 Å². The molecule has 0 bridgehead atoms. The molecule has 1 amide bonds. The average Bonchev–Trinajstić information content (AvgIpc) is 2.26. The molecule has 0 saturated carbocycles. The normalized spacial score (nSPS) is 12.3. The monoisotopic (exact) mass is 235 g/mol. The minimum absolute atomic E-state index is 0.140. The second-order valence-corrected chi connectivity index (χ2v) is 5.64. The zero-order chi connectivity index (χ0) is 13.1. The van der Waals surface area contributed by atoms with Crippen molar-refractivity contribution < 1.29 is 9.63 Å². The van der Waals surface area contributed by atoms with Crippen molar-refractivity contribution in [2.24, 2.45) is 0 Å². The van der Waals surface area contributed by atoms with Gasteiger partial charge in [0.2, 0.25) is 0 Å². The fourth-order valence-corrected chi connectivity index (χ4v) is 1.31. The van der Waals surface area contributed by atoms with Gasteiger partial charge in [-0.1, -0.05) is 30.3 Å². The number of rotatable bonds is 3. The average molecular weight is 235 g/mol. The third-order valence-electron chi connectivity index (χ3n) is 2.51. The second-order valence-electron chi connectivity index (χ2n) is 5.64. The summed E-state index contributed by atoms with van der Waals surface area (Å²) in [6, 6.07) is 9.67. The summed E-state index contributed by atoms with van der Waals surface area (Å²) < 4.78 is 0. The zero-order valence-corrected chi connectivity index (χ0v) is 11.2. The number of hydrogen-bond acceptors (Lipinski definition) is 2. The molecule has 0 aliphatic heterocycles. The molecule has 1 aromatic carbocycles. The van der Waals surface area contributed by atoms with Crippen LogP contribution in [-0.4, -0.2) is 11.5 Å². The first-order valence-electron chi connectivity index (χ1n) is 5.77. The van der Waals surface area contributed by atoms with Crippen molar-refractivity contribution in [1.82, 2.24) is 5.48 Å². The van der Waals surface area contributed by atoms with Gasteiger partial charge in [0.15, 0.2) is 0 Å². The van der Waals surface area contributed by atoms with Gasteiger partial charge in [0, 0.05) is 0 Å². The predicted octanol–water partition coefficient (Wildman–Crippen LogP) is 2.81. The Morgan fingerprint density at radius 3 is 2.06 bits per heavy atom. The molecule has 1 aromatic rings. The standard InChI is InChI=1S/C14H21NO2/c1-13(2,3)17-15-12(16)14(4,5)11-9-7-6-8-10-11/h6-10H,1-5H3,(H,15,16). The maximum atomic E-state index is 12.1. The summed E-state index contributed by atoms with van der Waals surface area (Å²) in [5.41, 5.74) is 2.50. The van der Waals surface area contributed by atoms with Crippen LogP contribution in [0.15, 0.2) is 30.3 Å². The van der Waals surface area contributed by atoms with Crippen molar-refractivity contribution >= 4 is 5.91 Å². The van der Waals surface area contributed by atoms with Gasteiger partial charge >= 0.3 is 0 Å². The highest BCUT2D eigenvalue weighted by molar-refractivity contribution is 5.86. The smallest absolute Gasteiger partial charge is 0.253 e. The van der Waals surface area contributed by atoms with Crippen LogP contribution in [-0.2, 0) is 15.0 Å². The fraction of sp³-hybridized carbons (Fsp3) is 0.500. The van der Waals surface area contributed by atoms with Crippen molar-refractivity contribution in [2.45, 2.75) is 45.6 Å². The number of nitrogens with one attached hydrogen (secondary N) is 1. The summed E-state index contributed by atoms with van der Waals surface area (Å²) in [5.74, 6) is -0.140. The van der Waals surface area contributed by atoms with Gasteiger partial charge in [-0.3, -0.25) is 9.63 Å². The number of carbonyl (C=O) groups is 1. The Labute approximate surface area is 103 Å². The minimum atomic E-state index is -0.605. The molecule has 0 atom stereocenters. The lowest BCUT2D eigenvalue weighted by Gasteiger charge is -2.26. The van der Waals surface area contributed by atoms with Crippen LogP contribution in [0.4, 0.5) is 0 Å². The Bertz CT molecular complexity index is 377. The first kappa shape index (κ1) is 13.7. The maximum Gasteiger partial charge on any atom is 0.253 e. The molecule has 17 heavy (non-hydrogen) atoms. The Morgan fingerprint density at radius 1 is 1.06 bits per heavy atom. The largest absolute Gasteiger partial charge is 0.272 e. The van der Waals surface area contributed by atoms with E-state index in [-0.39, 0.29) is 11.5 Å². The lowest BCUT2D eigenvalue weighted by molar-refractivity contribution is -0.150. The number of carbonyl (C=O) groups excluding carboxylic acids is 1. The predicted molar refractivity (Wildman–Crippen MR) is 68.4 cm³/mol. The van der Waals surface area contributed by atoms with Crippen LogP contribution >= 0.6 is 0 Å². The zero-order valence-electron chi connectivity index (χ0n) is 11.2. The molecule has 0 radical (unpaired) electrons. The van der Waals surface area contributed by atoms with Gasteiger partial charge in [-0.15, -0.1) is 0 Å². The van der Waals surface area contributed by atoms with Crippen molar-refractivity contribution in [3.63, 3.8) is 0 Å². The van der Waals surface area contributed by atoms with Gasteiger partial charge in [-0.05, 0) is 40.2 Å². The van der Waals surface area contributed by atoms with E-state index in [4.69, 9.17) is 4.84 Å². The summed E-state index contributed by atoms with van der Waals surface area (Å²) in [6.45, 7) is 9.43. The molecule has 0 aliphatic carbocycles. The molecular weight excluding hydrogens is 214 g/mol. The first-order chi connectivity index (χ1) is 7.73. The van der Waals surface area contributed by atoms with Crippen LogP contribution in [0.1, 0.15) is 40.2 Å². The van der Waals surface area contributed by atoms with Crippen molar-refractivity contribution in [2.75, 3.05) is 0 Å². The molecule has 1 rings (SSSR count). The summed E-state index contributed by atoms with van der Waals surface area (Å²) in [7, 11) is 0. The molecular formula is C14H21NO2. The van der Waals surface area contributed by atoms with Gasteiger partial charge in [0.1, 0.15) is 0 Å². The second kappa shape index (κ2) is 4.88. The van der Waals surface area contributed by atoms with E-state index in [2.05, 4.69) is 5.48 Å². The maximum absolute atomic E-state index is 12.1. The number of hydroxylamine groups is 1. The van der Waals surface area contributed by atoms with E-state index in [1.807, 2.05) is 65.0 Å². The molecule has 0 aliphatic rings. The molecule has 0 unspecified atom stereocenters. The fourth-order valence-electron chi connectivity index (χ4n) is 1.31. The summed E-state index contributed by atoms with van der Waals surface area (Å²) in [4.78, 5) is 17.4. The molecule has 0 heterocycles. The van der Waals surface area contributed by atoms with E-state index < -0.39 is 5.41 Å². The van der Waals surface area contributed by atoms with Crippen LogP contribution < -0.4 is 5.48 Å². The van der Waals surface area contributed by atoms with Crippen molar-refractivity contribution in [1.29, 1.82) is 0 Å². The van der Waals surface area contributed by atoms with Crippen LogP contribution in [0.3, 0.4) is 0 Å². The van der Waals surface area contributed by atoms with E-state index in [1.165, 1.54) is 0 Å². The van der Waals surface area contributed by atoms with E-state index in [0.29, 0.717) is 0 Å². The van der Waals surface area contributed by atoms with E-state index in [9.17, 15) is 4.79 Å². The molecule has 1 N–H and O–H groups in total. The lowest BCUT2D eigenvalue weighted by Crippen LogP contribution is -2.43. The molecule has 0 fully saturated rings. The molecule has 3 nitrogen and oxygen atoms in total. The number of amides is 1. The van der Waals surface area contributed by atoms with E-state index >= 15 is 0 Å². The van der Waals surface area contributed by atoms with Crippen molar-refractivity contribution in [3.05, 3.63) is 35.9 Å². The number of hydrogen-bond donors (Lipinski definition) is 1. The van der Waals surface area contributed by atoms with Crippen LogP contribution in [0.25, 0.3) is 0 Å². The topological polar surface area (TPSA) is 38.3 Å². The summed E-state index contributed by atoms with van der Waals surface area (Å²) in [5, 5.41) is 0. The van der Waals surface area contributed by atoms with Crippen LogP contribution in [0.2, 0.25) is 0 Å². The Balaban J connectivity index is 2.74. The Morgan fingerprint density at radius 2 is 1.59 bits per heavy atom. The molecule has 0 aromatic heterocycles. The lowest BCUT2D eigenvalue weighted by atomic mass is 9.84. The molecule has 3 heteroatoms. The van der Waals surface area contributed by atoms with E-state index in [1.54, 1.807) is 0 Å². The van der Waals surface area contributed by atoms with Gasteiger partial charge in [-0.2, -0.15) is 0 Å². The van der Waals surface area contributed by atoms with Crippen molar-refractivity contribution in [3.8, 4) is 0 Å². The quantitative estimate of drug-likeness (QED) is 0.818. The highest BCUT2D eigenvalue weighted by atomic mass is 16.7.